The minimum atomic E-state index is -1.48. The van der Waals surface area contributed by atoms with Crippen molar-refractivity contribution in [2.75, 3.05) is 0 Å². The molecule has 0 fully saturated rings. The van der Waals surface area contributed by atoms with E-state index in [1.54, 1.807) is 31.0 Å². The van der Waals surface area contributed by atoms with Gasteiger partial charge in [0.1, 0.15) is 47.2 Å². The molecule has 0 bridgehead atoms. The number of imidazole rings is 5. The zero-order valence-electron chi connectivity index (χ0n) is 55.6. The van der Waals surface area contributed by atoms with Gasteiger partial charge in [0.2, 0.25) is 0 Å². The van der Waals surface area contributed by atoms with Crippen molar-refractivity contribution >= 4 is 17.9 Å². The topological polar surface area (TPSA) is 294 Å². The van der Waals surface area contributed by atoms with Gasteiger partial charge in [-0.15, -0.1) is 0 Å². The van der Waals surface area contributed by atoms with Crippen LogP contribution in [0.1, 0.15) is 306 Å². The zero-order chi connectivity index (χ0) is 65.9. The number of H-pyrrole nitrogens is 2. The SMILES string of the molecule is CCCCCCCCCCCc1nccn1C(C)C#N.CCCCCCCCCCCc1nccn1C(C)C#N.CCCCCCCCCCCc1nccn1C(C)C#N.CCc1nc(C)c[nH]1.Cc1ncc[nH]1.O=C(O)c1ccc(C(=O)O)c(C(=O)O)c1. The summed E-state index contributed by atoms with van der Waals surface area (Å²) >= 11 is 0. The standard InChI is InChI=1S/3C17H29N3.C9H6O6.C6H10N2.C4H6N2/c3*1-3-4-5-6-7-8-9-10-11-12-17-19-13-14-20(17)16(2)15-18;10-7(11)4-1-2-5(8(12)13)6(3-4)9(14)15;1-3-6-7-4-5(2)8-6;1-4-5-2-3-6-4/h3*13-14,16H,3-12H2,1-2H3;1-3H,(H,10,11)(H,12,13)(H,14,15);4H,3H2,1-2H3,(H,7,8);2-3H,1H3,(H,5,6). The van der Waals surface area contributed by atoms with Crippen molar-refractivity contribution in [2.45, 2.75) is 279 Å². The maximum atomic E-state index is 10.6. The van der Waals surface area contributed by atoms with Gasteiger partial charge in [0.25, 0.3) is 0 Å². The van der Waals surface area contributed by atoms with E-state index in [1.807, 2.05) is 73.1 Å². The number of nitrogens with zero attached hydrogens (tertiary/aromatic N) is 11. The molecule has 5 N–H and O–H groups in total. The van der Waals surface area contributed by atoms with E-state index in [-0.39, 0.29) is 23.7 Å². The van der Waals surface area contributed by atoms with Gasteiger partial charge in [-0.25, -0.2) is 39.3 Å². The molecule has 1 aromatic carbocycles. The number of aromatic amines is 2. The van der Waals surface area contributed by atoms with E-state index in [9.17, 15) is 14.4 Å². The molecule has 6 aromatic rings. The number of unbranched alkanes of at least 4 members (excludes halogenated alkanes) is 24. The third kappa shape index (κ3) is 36.3. The Morgan fingerprint density at radius 1 is 0.472 bits per heavy atom. The van der Waals surface area contributed by atoms with Gasteiger partial charge < -0.3 is 39.0 Å². The first-order chi connectivity index (χ1) is 43.0. The molecule has 19 nitrogen and oxygen atoms in total. The third-order valence-electron chi connectivity index (χ3n) is 15.0. The lowest BCUT2D eigenvalue weighted by Gasteiger charge is -2.09. The van der Waals surface area contributed by atoms with Crippen LogP contribution in [0.15, 0.2) is 74.0 Å². The number of aromatic carboxylic acids is 3. The number of aromatic nitrogens is 10. The Labute approximate surface area is 532 Å². The summed E-state index contributed by atoms with van der Waals surface area (Å²) in [7, 11) is 0. The first-order valence-corrected chi connectivity index (χ1v) is 33.1. The number of nitrogens with one attached hydrogen (secondary N) is 2. The fourth-order valence-electron chi connectivity index (χ4n) is 9.67. The summed E-state index contributed by atoms with van der Waals surface area (Å²) < 4.78 is 5.97. The van der Waals surface area contributed by atoms with E-state index in [1.165, 1.54) is 173 Å². The Hall–Kier alpha value is -7.85. The fourth-order valence-corrected chi connectivity index (χ4v) is 9.67. The summed E-state index contributed by atoms with van der Waals surface area (Å²) in [6.45, 7) is 18.5. The van der Waals surface area contributed by atoms with E-state index >= 15 is 0 Å². The Morgan fingerprint density at radius 3 is 1.06 bits per heavy atom. The van der Waals surface area contributed by atoms with Gasteiger partial charge in [-0.3, -0.25) is 0 Å². The molecular weight excluding hydrogens is 1120 g/mol. The molecule has 490 valence electrons. The molecule has 0 radical (unpaired) electrons. The van der Waals surface area contributed by atoms with Gasteiger partial charge in [0, 0.05) is 81.5 Å². The summed E-state index contributed by atoms with van der Waals surface area (Å²) in [6, 6.07) is 9.29. The van der Waals surface area contributed by atoms with Crippen LogP contribution in [0.5, 0.6) is 0 Å². The maximum Gasteiger partial charge on any atom is 0.336 e. The quantitative estimate of drug-likeness (QED) is 0.0227. The second-order valence-corrected chi connectivity index (χ2v) is 22.6. The van der Waals surface area contributed by atoms with Crippen LogP contribution in [0.4, 0.5) is 0 Å². The van der Waals surface area contributed by atoms with Crippen molar-refractivity contribution in [3.8, 4) is 18.2 Å². The van der Waals surface area contributed by atoms with Crippen molar-refractivity contribution in [2.24, 2.45) is 0 Å². The van der Waals surface area contributed by atoms with Crippen LogP contribution in [0.25, 0.3) is 0 Å². The molecule has 89 heavy (non-hydrogen) atoms. The number of benzene rings is 1. The summed E-state index contributed by atoms with van der Waals surface area (Å²) in [5, 5.41) is 52.8. The van der Waals surface area contributed by atoms with Crippen molar-refractivity contribution in [1.82, 2.24) is 48.6 Å². The van der Waals surface area contributed by atoms with E-state index < -0.39 is 29.0 Å². The van der Waals surface area contributed by atoms with Crippen LogP contribution in [-0.2, 0) is 25.7 Å². The van der Waals surface area contributed by atoms with Gasteiger partial charge >= 0.3 is 17.9 Å². The third-order valence-corrected chi connectivity index (χ3v) is 15.0. The molecule has 3 unspecified atom stereocenters. The van der Waals surface area contributed by atoms with Crippen LogP contribution in [0.2, 0.25) is 0 Å². The fraction of sp³-hybridized carbons (Fsp3) is 0.614. The van der Waals surface area contributed by atoms with Gasteiger partial charge in [0.05, 0.1) is 40.6 Å². The number of carbonyl (C=O) groups is 3. The lowest BCUT2D eigenvalue weighted by molar-refractivity contribution is 0.0649. The van der Waals surface area contributed by atoms with E-state index in [4.69, 9.17) is 31.1 Å². The smallest absolute Gasteiger partial charge is 0.336 e. The number of hydrogen-bond acceptors (Lipinski definition) is 11. The van der Waals surface area contributed by atoms with Crippen molar-refractivity contribution in [1.29, 1.82) is 15.8 Å². The van der Waals surface area contributed by atoms with Crippen molar-refractivity contribution < 1.29 is 29.7 Å². The molecule has 19 heteroatoms. The molecule has 0 aliphatic heterocycles. The Balaban J connectivity index is 0.000000553. The van der Waals surface area contributed by atoms with Crippen LogP contribution in [-0.4, -0.2) is 81.8 Å². The highest BCUT2D eigenvalue weighted by Crippen LogP contribution is 2.18. The normalized spacial score (nSPS) is 11.3. The van der Waals surface area contributed by atoms with E-state index in [0.717, 1.165) is 78.7 Å². The Bertz CT molecular complexity index is 2700. The lowest BCUT2D eigenvalue weighted by atomic mass is 10.0. The summed E-state index contributed by atoms with van der Waals surface area (Å²) in [6.07, 6.45) is 56.8. The molecule has 0 saturated heterocycles. The second kappa shape index (κ2) is 51.1. The number of carboxylic acids is 3. The monoisotopic (exact) mass is 1230 g/mol. The molecule has 3 atom stereocenters. The highest BCUT2D eigenvalue weighted by Gasteiger charge is 2.18. The number of nitriles is 3. The summed E-state index contributed by atoms with van der Waals surface area (Å²) in [5.74, 6) is 1.01. The van der Waals surface area contributed by atoms with Gasteiger partial charge in [-0.05, 0) is 72.1 Å². The molecule has 6 rings (SSSR count). The first kappa shape index (κ1) is 79.2. The molecular formula is C70H109N13O6. The second-order valence-electron chi connectivity index (χ2n) is 22.6. The molecule has 0 aliphatic rings. The molecule has 5 aromatic heterocycles. The molecule has 0 spiro atoms. The minimum absolute atomic E-state index is 0.105. The van der Waals surface area contributed by atoms with Crippen LogP contribution in [0, 0.1) is 47.8 Å². The lowest BCUT2D eigenvalue weighted by Crippen LogP contribution is -2.10. The van der Waals surface area contributed by atoms with Crippen molar-refractivity contribution in [3.63, 3.8) is 0 Å². The van der Waals surface area contributed by atoms with E-state index in [0.29, 0.717) is 0 Å². The number of aryl methyl sites for hydroxylation is 6. The molecule has 5 heterocycles. The van der Waals surface area contributed by atoms with Gasteiger partial charge in [-0.1, -0.05) is 182 Å². The largest absolute Gasteiger partial charge is 0.478 e. The molecule has 0 saturated carbocycles. The van der Waals surface area contributed by atoms with Gasteiger partial charge in [-0.2, -0.15) is 15.8 Å². The summed E-state index contributed by atoms with van der Waals surface area (Å²) in [5.41, 5.74) is -0.172. The average Bonchev–Trinajstić information content (AvgIpc) is 3.33. The number of rotatable bonds is 37. The molecule has 0 amide bonds. The Morgan fingerprint density at radius 2 is 0.820 bits per heavy atom. The highest BCUT2D eigenvalue weighted by molar-refractivity contribution is 6.03. The number of carboxylic acid groups (broad SMARTS) is 3. The van der Waals surface area contributed by atoms with Crippen molar-refractivity contribution in [3.05, 3.63) is 125 Å². The van der Waals surface area contributed by atoms with Crippen LogP contribution < -0.4 is 0 Å². The van der Waals surface area contributed by atoms with Gasteiger partial charge in [0.15, 0.2) is 0 Å². The Kier molecular flexibility index (Phi) is 45.4. The average molecular weight is 1230 g/mol. The van der Waals surface area contributed by atoms with Crippen LogP contribution >= 0.6 is 0 Å². The van der Waals surface area contributed by atoms with Crippen LogP contribution in [0.3, 0.4) is 0 Å². The number of hydrogen-bond donors (Lipinski definition) is 5. The highest BCUT2D eigenvalue weighted by atomic mass is 16.4. The zero-order valence-corrected chi connectivity index (χ0v) is 55.6. The maximum absolute atomic E-state index is 10.6. The predicted molar refractivity (Wildman–Crippen MR) is 354 cm³/mol. The first-order valence-electron chi connectivity index (χ1n) is 33.1. The predicted octanol–water partition coefficient (Wildman–Crippen LogP) is 17.9. The van der Waals surface area contributed by atoms with E-state index in [2.05, 4.69) is 80.8 Å². The summed E-state index contributed by atoms with van der Waals surface area (Å²) in [4.78, 5) is 58.8. The minimum Gasteiger partial charge on any atom is -0.478 e. The molecule has 0 aliphatic carbocycles.